The Kier molecular flexibility index (Phi) is 4.18. The molecule has 5 nitrogen and oxygen atoms in total. The summed E-state index contributed by atoms with van der Waals surface area (Å²) in [6.07, 6.45) is 6.19. The summed E-state index contributed by atoms with van der Waals surface area (Å²) in [6.45, 7) is 1.74. The molecule has 1 unspecified atom stereocenters. The lowest BCUT2D eigenvalue weighted by atomic mass is 10.1. The van der Waals surface area contributed by atoms with E-state index in [-0.39, 0.29) is 12.1 Å². The number of rotatable bonds is 4. The van der Waals surface area contributed by atoms with Crippen molar-refractivity contribution < 1.29 is 8.42 Å². The van der Waals surface area contributed by atoms with Crippen LogP contribution in [-0.2, 0) is 10.2 Å². The molecule has 1 saturated heterocycles. The molecule has 94 valence electrons. The molecule has 1 atom stereocenters. The molecule has 1 aliphatic heterocycles. The average molecular weight is 247 g/mol. The second-order valence-electron chi connectivity index (χ2n) is 4.76. The molecule has 0 aromatic carbocycles. The van der Waals surface area contributed by atoms with E-state index in [9.17, 15) is 8.42 Å². The maximum atomic E-state index is 11.8. The predicted octanol–water partition coefficient (Wildman–Crippen LogP) is 0.105. The van der Waals surface area contributed by atoms with E-state index >= 15 is 0 Å². The fourth-order valence-electron chi connectivity index (χ4n) is 2.47. The predicted molar refractivity (Wildman–Crippen MR) is 63.3 cm³/mol. The van der Waals surface area contributed by atoms with Crippen molar-refractivity contribution in [3.05, 3.63) is 0 Å². The summed E-state index contributed by atoms with van der Waals surface area (Å²) in [5.74, 6) is 0. The van der Waals surface area contributed by atoms with Gasteiger partial charge in [-0.05, 0) is 32.2 Å². The van der Waals surface area contributed by atoms with Gasteiger partial charge in [-0.25, -0.2) is 0 Å². The van der Waals surface area contributed by atoms with Crippen LogP contribution in [0.4, 0.5) is 0 Å². The molecular formula is C10H21N3O2S. The second-order valence-corrected chi connectivity index (χ2v) is 6.24. The van der Waals surface area contributed by atoms with E-state index in [2.05, 4.69) is 14.8 Å². The molecule has 1 heterocycles. The fourth-order valence-corrected chi connectivity index (χ4v) is 3.85. The van der Waals surface area contributed by atoms with Crippen molar-refractivity contribution in [1.29, 1.82) is 0 Å². The van der Waals surface area contributed by atoms with Crippen LogP contribution in [0.5, 0.6) is 0 Å². The van der Waals surface area contributed by atoms with E-state index in [0.29, 0.717) is 0 Å². The summed E-state index contributed by atoms with van der Waals surface area (Å²) < 4.78 is 29.1. The van der Waals surface area contributed by atoms with Crippen molar-refractivity contribution >= 4 is 10.2 Å². The Bertz CT molecular complexity index is 306. The number of nitrogens with one attached hydrogen (secondary N) is 3. The normalized spacial score (nSPS) is 28.4. The summed E-state index contributed by atoms with van der Waals surface area (Å²) in [5, 5.41) is 3.20. The van der Waals surface area contributed by atoms with Gasteiger partial charge in [0.25, 0.3) is 10.2 Å². The molecule has 0 amide bonds. The lowest BCUT2D eigenvalue weighted by Gasteiger charge is -2.24. The SMILES string of the molecule is O=S(=O)(NC1CCCC1)NC1CCCNC1. The van der Waals surface area contributed by atoms with Crippen molar-refractivity contribution in [2.45, 2.75) is 50.6 Å². The fraction of sp³-hybridized carbons (Fsp3) is 1.00. The van der Waals surface area contributed by atoms with Gasteiger partial charge in [0.05, 0.1) is 0 Å². The van der Waals surface area contributed by atoms with Gasteiger partial charge in [-0.1, -0.05) is 12.8 Å². The van der Waals surface area contributed by atoms with E-state index in [4.69, 9.17) is 0 Å². The Morgan fingerprint density at radius 1 is 0.938 bits per heavy atom. The lowest BCUT2D eigenvalue weighted by molar-refractivity contribution is 0.423. The third-order valence-electron chi connectivity index (χ3n) is 3.30. The first-order valence-corrected chi connectivity index (χ1v) is 7.64. The van der Waals surface area contributed by atoms with Crippen LogP contribution in [0.3, 0.4) is 0 Å². The molecule has 2 rings (SSSR count). The van der Waals surface area contributed by atoms with Gasteiger partial charge in [-0.3, -0.25) is 0 Å². The largest absolute Gasteiger partial charge is 0.315 e. The highest BCUT2D eigenvalue weighted by Crippen LogP contribution is 2.18. The highest BCUT2D eigenvalue weighted by molar-refractivity contribution is 7.87. The number of hydrogen-bond acceptors (Lipinski definition) is 3. The van der Waals surface area contributed by atoms with Crippen LogP contribution in [0.25, 0.3) is 0 Å². The number of piperidine rings is 1. The van der Waals surface area contributed by atoms with Crippen LogP contribution in [0.15, 0.2) is 0 Å². The Labute approximate surface area is 97.6 Å². The molecule has 6 heteroatoms. The van der Waals surface area contributed by atoms with Crippen molar-refractivity contribution in [2.24, 2.45) is 0 Å². The maximum absolute atomic E-state index is 11.8. The van der Waals surface area contributed by atoms with Gasteiger partial charge in [0, 0.05) is 18.6 Å². The molecule has 2 fully saturated rings. The molecule has 2 aliphatic rings. The van der Waals surface area contributed by atoms with Gasteiger partial charge in [-0.2, -0.15) is 17.9 Å². The average Bonchev–Trinajstić information content (AvgIpc) is 2.70. The van der Waals surface area contributed by atoms with Gasteiger partial charge in [0.1, 0.15) is 0 Å². The zero-order valence-corrected chi connectivity index (χ0v) is 10.4. The van der Waals surface area contributed by atoms with Gasteiger partial charge in [0.2, 0.25) is 0 Å². The Morgan fingerprint density at radius 3 is 2.19 bits per heavy atom. The third kappa shape index (κ3) is 3.69. The Hall–Kier alpha value is -0.170. The summed E-state index contributed by atoms with van der Waals surface area (Å²) in [5.41, 5.74) is 0. The first kappa shape index (κ1) is 12.3. The first-order valence-electron chi connectivity index (χ1n) is 6.16. The molecule has 16 heavy (non-hydrogen) atoms. The van der Waals surface area contributed by atoms with Crippen molar-refractivity contribution in [3.8, 4) is 0 Å². The number of hydrogen-bond donors (Lipinski definition) is 3. The first-order chi connectivity index (χ1) is 7.66. The minimum atomic E-state index is -3.30. The summed E-state index contributed by atoms with van der Waals surface area (Å²) in [7, 11) is -3.30. The van der Waals surface area contributed by atoms with E-state index < -0.39 is 10.2 Å². The molecule has 3 N–H and O–H groups in total. The smallest absolute Gasteiger partial charge is 0.277 e. The minimum absolute atomic E-state index is 0.0488. The second kappa shape index (κ2) is 5.44. The van der Waals surface area contributed by atoms with Crippen LogP contribution in [0.2, 0.25) is 0 Å². The molecule has 0 aromatic heterocycles. The standard InChI is InChI=1S/C10H21N3O2S/c14-16(15,12-9-4-1-2-5-9)13-10-6-3-7-11-8-10/h9-13H,1-8H2. The Balaban J connectivity index is 1.81. The van der Waals surface area contributed by atoms with Gasteiger partial charge in [0.15, 0.2) is 0 Å². The van der Waals surface area contributed by atoms with Crippen LogP contribution in [0, 0.1) is 0 Å². The molecule has 1 saturated carbocycles. The zero-order valence-electron chi connectivity index (χ0n) is 9.54. The quantitative estimate of drug-likeness (QED) is 0.660. The molecule has 0 bridgehead atoms. The highest BCUT2D eigenvalue weighted by atomic mass is 32.2. The van der Waals surface area contributed by atoms with Gasteiger partial charge >= 0.3 is 0 Å². The maximum Gasteiger partial charge on any atom is 0.277 e. The highest BCUT2D eigenvalue weighted by Gasteiger charge is 2.24. The van der Waals surface area contributed by atoms with Crippen LogP contribution < -0.4 is 14.8 Å². The summed E-state index contributed by atoms with van der Waals surface area (Å²) in [6, 6.07) is 0.196. The summed E-state index contributed by atoms with van der Waals surface area (Å²) >= 11 is 0. The Morgan fingerprint density at radius 2 is 1.56 bits per heavy atom. The minimum Gasteiger partial charge on any atom is -0.315 e. The van der Waals surface area contributed by atoms with Gasteiger partial charge in [-0.15, -0.1) is 0 Å². The van der Waals surface area contributed by atoms with Gasteiger partial charge < -0.3 is 5.32 Å². The van der Waals surface area contributed by atoms with Crippen LogP contribution in [0.1, 0.15) is 38.5 Å². The molecule has 0 radical (unpaired) electrons. The van der Waals surface area contributed by atoms with E-state index in [1.165, 1.54) is 0 Å². The van der Waals surface area contributed by atoms with Crippen molar-refractivity contribution in [2.75, 3.05) is 13.1 Å². The molecule has 1 aliphatic carbocycles. The zero-order chi connectivity index (χ0) is 11.4. The molecule has 0 spiro atoms. The molecular weight excluding hydrogens is 226 g/mol. The van der Waals surface area contributed by atoms with E-state index in [0.717, 1.165) is 51.6 Å². The third-order valence-corrected chi connectivity index (χ3v) is 4.58. The molecule has 0 aromatic rings. The van der Waals surface area contributed by atoms with Crippen molar-refractivity contribution in [1.82, 2.24) is 14.8 Å². The topological polar surface area (TPSA) is 70.2 Å². The van der Waals surface area contributed by atoms with Crippen molar-refractivity contribution in [3.63, 3.8) is 0 Å². The lowest BCUT2D eigenvalue weighted by Crippen LogP contribution is -2.51. The monoisotopic (exact) mass is 247 g/mol. The van der Waals surface area contributed by atoms with E-state index in [1.54, 1.807) is 0 Å². The summed E-state index contributed by atoms with van der Waals surface area (Å²) in [4.78, 5) is 0. The van der Waals surface area contributed by atoms with E-state index in [1.807, 2.05) is 0 Å². The van der Waals surface area contributed by atoms with Crippen LogP contribution >= 0.6 is 0 Å². The van der Waals surface area contributed by atoms with Crippen LogP contribution in [-0.4, -0.2) is 33.6 Å².